The highest BCUT2D eigenvalue weighted by Crippen LogP contribution is 2.43. The Morgan fingerprint density at radius 3 is 3.00 bits per heavy atom. The molecule has 3 aliphatic heterocycles. The standard InChI is InChI=1S/C16H13N3O4/c1-2-10-5-11(7-17-6-10)19-9-16-12(19)8-18-15(16)22-13(20)3-4-14(21)23-16/h1,3-7,12,15,18H,8-9H2/b4-3+/t12-,15?,16+/m0/s1. The van der Waals surface area contributed by atoms with Crippen LogP contribution in [0.3, 0.4) is 0 Å². The smallest absolute Gasteiger partial charge is 0.332 e. The Bertz CT molecular complexity index is 769. The lowest BCUT2D eigenvalue weighted by atomic mass is 9.84. The first-order valence-corrected chi connectivity index (χ1v) is 7.16. The number of anilines is 1. The van der Waals surface area contributed by atoms with Crippen molar-refractivity contribution in [3.63, 3.8) is 0 Å². The first-order chi connectivity index (χ1) is 11.1. The number of rotatable bonds is 1. The molecular formula is C16H13N3O4. The molecule has 7 nitrogen and oxygen atoms in total. The van der Waals surface area contributed by atoms with Gasteiger partial charge in [-0.2, -0.15) is 0 Å². The molecule has 4 heterocycles. The zero-order valence-corrected chi connectivity index (χ0v) is 12.1. The van der Waals surface area contributed by atoms with Crippen molar-refractivity contribution < 1.29 is 19.1 Å². The predicted octanol–water partition coefficient (Wildman–Crippen LogP) is -0.424. The summed E-state index contributed by atoms with van der Waals surface area (Å²) in [5.74, 6) is 1.44. The molecule has 1 N–H and O–H groups in total. The summed E-state index contributed by atoms with van der Waals surface area (Å²) in [5, 5.41) is 3.10. The number of hydrogen-bond donors (Lipinski definition) is 1. The molecule has 3 aliphatic rings. The van der Waals surface area contributed by atoms with E-state index in [-0.39, 0.29) is 6.04 Å². The maximum atomic E-state index is 11.9. The van der Waals surface area contributed by atoms with E-state index in [4.69, 9.17) is 15.9 Å². The van der Waals surface area contributed by atoms with E-state index in [0.717, 1.165) is 17.8 Å². The Kier molecular flexibility index (Phi) is 2.89. The van der Waals surface area contributed by atoms with Crippen LogP contribution in [0.25, 0.3) is 0 Å². The number of carbonyl (C=O) groups is 2. The van der Waals surface area contributed by atoms with Crippen LogP contribution in [0, 0.1) is 12.3 Å². The van der Waals surface area contributed by atoms with Gasteiger partial charge in [-0.15, -0.1) is 6.42 Å². The van der Waals surface area contributed by atoms with Gasteiger partial charge in [0, 0.05) is 30.5 Å². The fourth-order valence-corrected chi connectivity index (χ4v) is 3.31. The second-order valence-corrected chi connectivity index (χ2v) is 5.65. The normalized spacial score (nSPS) is 33.1. The minimum absolute atomic E-state index is 0.148. The van der Waals surface area contributed by atoms with Gasteiger partial charge in [-0.05, 0) is 6.07 Å². The molecule has 0 saturated carbocycles. The van der Waals surface area contributed by atoms with Gasteiger partial charge in [0.2, 0.25) is 5.60 Å². The second kappa shape index (κ2) is 4.83. The zero-order valence-electron chi connectivity index (χ0n) is 12.1. The number of carbonyl (C=O) groups excluding carboxylic acids is 2. The molecule has 116 valence electrons. The molecular weight excluding hydrogens is 298 g/mol. The molecule has 0 radical (unpaired) electrons. The summed E-state index contributed by atoms with van der Waals surface area (Å²) in [6.07, 6.45) is 10.2. The van der Waals surface area contributed by atoms with E-state index in [2.05, 4.69) is 16.2 Å². The van der Waals surface area contributed by atoms with Gasteiger partial charge >= 0.3 is 11.9 Å². The highest BCUT2D eigenvalue weighted by Gasteiger charge is 2.66. The third-order valence-electron chi connectivity index (χ3n) is 4.40. The van der Waals surface area contributed by atoms with Crippen LogP contribution in [-0.2, 0) is 19.1 Å². The Labute approximate surface area is 132 Å². The largest absolute Gasteiger partial charge is 0.446 e. The van der Waals surface area contributed by atoms with Crippen LogP contribution >= 0.6 is 0 Å². The lowest BCUT2D eigenvalue weighted by molar-refractivity contribution is -0.188. The average molecular weight is 311 g/mol. The number of ether oxygens (including phenoxy) is 2. The van der Waals surface area contributed by atoms with E-state index in [1.165, 1.54) is 0 Å². The molecule has 2 fully saturated rings. The Hall–Kier alpha value is -2.85. The fourth-order valence-electron chi connectivity index (χ4n) is 3.31. The van der Waals surface area contributed by atoms with E-state index in [1.54, 1.807) is 12.4 Å². The van der Waals surface area contributed by atoms with Gasteiger partial charge in [-0.3, -0.25) is 10.3 Å². The minimum Gasteiger partial charge on any atom is -0.446 e. The highest BCUT2D eigenvalue weighted by molar-refractivity contribution is 5.92. The van der Waals surface area contributed by atoms with Gasteiger partial charge < -0.3 is 14.4 Å². The van der Waals surface area contributed by atoms with E-state index < -0.39 is 23.8 Å². The van der Waals surface area contributed by atoms with Gasteiger partial charge in [0.15, 0.2) is 6.23 Å². The summed E-state index contributed by atoms with van der Waals surface area (Å²) in [7, 11) is 0. The SMILES string of the molecule is C#Cc1cncc(N2C[C@]34OC(=O)/C=C/C(=O)OC3NC[C@H]24)c1. The molecule has 23 heavy (non-hydrogen) atoms. The van der Waals surface area contributed by atoms with E-state index >= 15 is 0 Å². The van der Waals surface area contributed by atoms with Gasteiger partial charge in [-0.25, -0.2) is 9.59 Å². The molecule has 4 rings (SSSR count). The molecule has 2 saturated heterocycles. The van der Waals surface area contributed by atoms with Gasteiger partial charge in [0.05, 0.1) is 24.5 Å². The molecule has 1 unspecified atom stereocenters. The third-order valence-corrected chi connectivity index (χ3v) is 4.40. The highest BCUT2D eigenvalue weighted by atomic mass is 16.6. The number of hydrogen-bond acceptors (Lipinski definition) is 7. The van der Waals surface area contributed by atoms with Crippen LogP contribution in [0.1, 0.15) is 5.56 Å². The van der Waals surface area contributed by atoms with E-state index in [0.29, 0.717) is 18.7 Å². The van der Waals surface area contributed by atoms with Crippen molar-refractivity contribution in [3.8, 4) is 12.3 Å². The number of pyridine rings is 1. The van der Waals surface area contributed by atoms with Crippen LogP contribution in [0.4, 0.5) is 5.69 Å². The van der Waals surface area contributed by atoms with Gasteiger partial charge in [0.1, 0.15) is 0 Å². The Balaban J connectivity index is 1.64. The number of nitrogens with zero attached hydrogens (tertiary/aromatic N) is 2. The lowest BCUT2D eigenvalue weighted by Crippen LogP contribution is -2.74. The van der Waals surface area contributed by atoms with Crippen LogP contribution in [0.5, 0.6) is 0 Å². The molecule has 0 amide bonds. The summed E-state index contributed by atoms with van der Waals surface area (Å²) in [4.78, 5) is 29.6. The summed E-state index contributed by atoms with van der Waals surface area (Å²) >= 11 is 0. The number of nitrogens with one attached hydrogen (secondary N) is 1. The average Bonchev–Trinajstić information content (AvgIpc) is 2.77. The van der Waals surface area contributed by atoms with Crippen molar-refractivity contribution in [1.82, 2.24) is 10.3 Å². The monoisotopic (exact) mass is 311 g/mol. The van der Waals surface area contributed by atoms with E-state index in [1.807, 2.05) is 11.0 Å². The van der Waals surface area contributed by atoms with E-state index in [9.17, 15) is 9.59 Å². The lowest BCUT2D eigenvalue weighted by Gasteiger charge is -2.54. The Morgan fingerprint density at radius 1 is 1.35 bits per heavy atom. The summed E-state index contributed by atoms with van der Waals surface area (Å²) in [5.41, 5.74) is 0.636. The van der Waals surface area contributed by atoms with Crippen molar-refractivity contribution in [2.45, 2.75) is 17.9 Å². The van der Waals surface area contributed by atoms with Crippen LogP contribution in [0.15, 0.2) is 30.6 Å². The molecule has 0 aliphatic carbocycles. The Morgan fingerprint density at radius 2 is 2.17 bits per heavy atom. The molecule has 1 spiro atoms. The van der Waals surface area contributed by atoms with Crippen molar-refractivity contribution in [1.29, 1.82) is 0 Å². The van der Waals surface area contributed by atoms with Crippen molar-refractivity contribution >= 4 is 17.6 Å². The van der Waals surface area contributed by atoms with Gasteiger partial charge in [0.25, 0.3) is 0 Å². The molecule has 3 atom stereocenters. The molecule has 1 aromatic rings. The zero-order chi connectivity index (χ0) is 16.0. The van der Waals surface area contributed by atoms with Crippen LogP contribution in [0.2, 0.25) is 0 Å². The second-order valence-electron chi connectivity index (χ2n) is 5.65. The van der Waals surface area contributed by atoms with Crippen molar-refractivity contribution in [2.75, 3.05) is 18.0 Å². The van der Waals surface area contributed by atoms with Crippen molar-refractivity contribution in [2.24, 2.45) is 0 Å². The maximum Gasteiger partial charge on any atom is 0.332 e. The fraction of sp³-hybridized carbons (Fsp3) is 0.312. The minimum atomic E-state index is -0.885. The number of terminal acetylenes is 1. The predicted molar refractivity (Wildman–Crippen MR) is 79.2 cm³/mol. The van der Waals surface area contributed by atoms with Crippen molar-refractivity contribution in [3.05, 3.63) is 36.2 Å². The molecule has 7 heteroatoms. The van der Waals surface area contributed by atoms with Gasteiger partial charge in [-0.1, -0.05) is 5.92 Å². The number of aromatic nitrogens is 1. The third kappa shape index (κ3) is 1.99. The van der Waals surface area contributed by atoms with Crippen LogP contribution in [-0.4, -0.2) is 47.9 Å². The maximum absolute atomic E-state index is 11.9. The summed E-state index contributed by atoms with van der Waals surface area (Å²) in [6.45, 7) is 0.920. The summed E-state index contributed by atoms with van der Waals surface area (Å²) < 4.78 is 10.9. The first kappa shape index (κ1) is 13.8. The topological polar surface area (TPSA) is 80.8 Å². The summed E-state index contributed by atoms with van der Waals surface area (Å²) in [6, 6.07) is 1.70. The number of esters is 2. The molecule has 0 aromatic carbocycles. The quantitative estimate of drug-likeness (QED) is 0.557. The first-order valence-electron chi connectivity index (χ1n) is 7.16. The molecule has 0 bridgehead atoms. The molecule has 1 aromatic heterocycles. The van der Waals surface area contributed by atoms with Crippen LogP contribution < -0.4 is 10.2 Å².